The number of H-pyrrole nitrogens is 1. The number of amides is 1. The van der Waals surface area contributed by atoms with E-state index in [-0.39, 0.29) is 37.2 Å². The van der Waals surface area contributed by atoms with Crippen molar-refractivity contribution in [2.24, 2.45) is 5.92 Å². The molecule has 3 fully saturated rings. The van der Waals surface area contributed by atoms with E-state index >= 15 is 0 Å². The molecule has 5 aromatic rings. The third-order valence-corrected chi connectivity index (χ3v) is 10.4. The Morgan fingerprint density at radius 2 is 1.65 bits per heavy atom. The van der Waals surface area contributed by atoms with Crippen LogP contribution < -0.4 is 20.9 Å². The van der Waals surface area contributed by atoms with Gasteiger partial charge in [-0.2, -0.15) is 0 Å². The normalized spacial score (nSPS) is 18.7. The number of nitrogens with one attached hydrogen (secondary N) is 3. The number of hydrogen-bond donors (Lipinski definition) is 5. The average molecular weight is 747 g/mol. The number of esters is 1. The molecule has 0 aliphatic carbocycles. The maximum Gasteiger partial charge on any atom is 0.408 e. The van der Waals surface area contributed by atoms with Gasteiger partial charge in [0.25, 0.3) is 0 Å². The van der Waals surface area contributed by atoms with Gasteiger partial charge in [0.05, 0.1) is 17.7 Å². The molecule has 0 spiro atoms. The Kier molecular flexibility index (Phi) is 12.1. The molecule has 8 rings (SSSR count). The van der Waals surface area contributed by atoms with Gasteiger partial charge < -0.3 is 40.0 Å². The number of pyridine rings is 1. The van der Waals surface area contributed by atoms with Gasteiger partial charge in [-0.25, -0.2) is 9.59 Å². The fourth-order valence-corrected chi connectivity index (χ4v) is 7.40. The summed E-state index contributed by atoms with van der Waals surface area (Å²) in [6, 6.07) is 30.3. The molecule has 3 atom stereocenters. The van der Waals surface area contributed by atoms with Crippen molar-refractivity contribution >= 4 is 23.0 Å². The van der Waals surface area contributed by atoms with Gasteiger partial charge in [-0.3, -0.25) is 9.69 Å². The number of piperidine rings is 3. The molecular weight excluding hydrogens is 700 g/mol. The maximum atomic E-state index is 13.2. The third kappa shape index (κ3) is 9.71. The summed E-state index contributed by atoms with van der Waals surface area (Å²) in [5.41, 5.74) is 4.17. The number of phenolic OH excluding ortho intramolecular Hbond substituents is 1. The minimum Gasteiger partial charge on any atom is -0.506 e. The van der Waals surface area contributed by atoms with E-state index in [1.54, 1.807) is 18.2 Å². The van der Waals surface area contributed by atoms with E-state index in [9.17, 15) is 24.6 Å². The van der Waals surface area contributed by atoms with Crippen LogP contribution in [0.4, 0.5) is 4.79 Å². The first-order valence-electron chi connectivity index (χ1n) is 18.7. The van der Waals surface area contributed by atoms with Crippen LogP contribution in [0.25, 0.3) is 10.9 Å². The third-order valence-electron chi connectivity index (χ3n) is 10.4. The van der Waals surface area contributed by atoms with Crippen LogP contribution in [0.15, 0.2) is 108 Å². The molecule has 4 heterocycles. The van der Waals surface area contributed by atoms with Crippen molar-refractivity contribution < 1.29 is 34.0 Å². The van der Waals surface area contributed by atoms with Gasteiger partial charge in [0.1, 0.15) is 24.2 Å². The van der Waals surface area contributed by atoms with E-state index in [2.05, 4.69) is 20.5 Å². The number of ether oxygens (including phenoxy) is 3. The molecule has 5 N–H and O–H groups in total. The zero-order valence-corrected chi connectivity index (χ0v) is 30.5. The Bertz CT molecular complexity index is 2130. The number of carbonyl (C=O) groups is 2. The van der Waals surface area contributed by atoms with Gasteiger partial charge in [0.15, 0.2) is 6.61 Å². The molecule has 12 heteroatoms. The number of aliphatic hydroxyl groups is 1. The lowest BCUT2D eigenvalue weighted by molar-refractivity contribution is -0.147. The quantitative estimate of drug-likeness (QED) is 0.0718. The van der Waals surface area contributed by atoms with Crippen LogP contribution in [0, 0.1) is 5.92 Å². The standard InChI is InChI=1S/C43H46N4O8/c48-36-15-13-34(35-14-16-39(50)45-42(35)36)37(49)24-44-20-17-28-9-11-29(12-10-28)26-54-40(51)27-53-33-8-4-7-32(23-33)41(31-5-2-1-3-6-31)46-43(52)55-38-25-47-21-18-30(38)19-22-47/h1-16,23,30,37-38,41,44,48-49H,17-22,24-27H2,(H,45,50)(H,46,52). The molecule has 55 heavy (non-hydrogen) atoms. The lowest BCUT2D eigenvalue weighted by Crippen LogP contribution is -2.52. The number of rotatable bonds is 15. The predicted octanol–water partition coefficient (Wildman–Crippen LogP) is 5.13. The lowest BCUT2D eigenvalue weighted by Gasteiger charge is -2.43. The monoisotopic (exact) mass is 746 g/mol. The van der Waals surface area contributed by atoms with Crippen molar-refractivity contribution in [1.29, 1.82) is 0 Å². The first-order chi connectivity index (χ1) is 26.8. The number of aromatic amines is 1. The van der Waals surface area contributed by atoms with Crippen LogP contribution in [0.1, 0.15) is 52.8 Å². The van der Waals surface area contributed by atoms with Gasteiger partial charge in [-0.15, -0.1) is 0 Å². The fraction of sp³-hybridized carbons (Fsp3) is 0.326. The van der Waals surface area contributed by atoms with Crippen molar-refractivity contribution in [3.8, 4) is 11.5 Å². The minimum atomic E-state index is -0.836. The average Bonchev–Trinajstić information content (AvgIpc) is 3.21. The van der Waals surface area contributed by atoms with E-state index in [4.69, 9.17) is 14.2 Å². The van der Waals surface area contributed by atoms with Gasteiger partial charge in [-0.05, 0) is 96.9 Å². The Morgan fingerprint density at radius 3 is 2.42 bits per heavy atom. The van der Waals surface area contributed by atoms with E-state index in [1.165, 1.54) is 12.1 Å². The second kappa shape index (κ2) is 17.6. The fourth-order valence-electron chi connectivity index (χ4n) is 7.40. The molecule has 0 saturated carbocycles. The molecule has 3 saturated heterocycles. The summed E-state index contributed by atoms with van der Waals surface area (Å²) in [4.78, 5) is 42.4. The van der Waals surface area contributed by atoms with Crippen molar-refractivity contribution in [2.45, 2.75) is 44.1 Å². The van der Waals surface area contributed by atoms with Crippen LogP contribution in [0.3, 0.4) is 0 Å². The Morgan fingerprint density at radius 1 is 0.891 bits per heavy atom. The highest BCUT2D eigenvalue weighted by Crippen LogP contribution is 2.31. The zero-order chi connectivity index (χ0) is 38.1. The summed E-state index contributed by atoms with van der Waals surface area (Å²) in [7, 11) is 0. The Balaban J connectivity index is 0.856. The molecule has 4 aromatic carbocycles. The highest BCUT2D eigenvalue weighted by Gasteiger charge is 2.37. The molecule has 3 aliphatic rings. The van der Waals surface area contributed by atoms with E-state index in [1.807, 2.05) is 72.8 Å². The van der Waals surface area contributed by atoms with Crippen molar-refractivity contribution in [3.05, 3.63) is 141 Å². The SMILES string of the molecule is O=C(COc1cccc(C(NC(=O)OC2CN3CCC2CC3)c2ccccc2)c1)OCc1ccc(CCNCC(O)c2ccc(O)c3[nH]c(=O)ccc23)cc1. The smallest absolute Gasteiger partial charge is 0.408 e. The summed E-state index contributed by atoms with van der Waals surface area (Å²) in [5, 5.41) is 27.8. The molecule has 1 amide bonds. The highest BCUT2D eigenvalue weighted by atomic mass is 16.6. The van der Waals surface area contributed by atoms with Crippen LogP contribution >= 0.6 is 0 Å². The highest BCUT2D eigenvalue weighted by molar-refractivity contribution is 5.87. The largest absolute Gasteiger partial charge is 0.506 e. The molecule has 3 aliphatic heterocycles. The van der Waals surface area contributed by atoms with Gasteiger partial charge in [0, 0.05) is 24.5 Å². The summed E-state index contributed by atoms with van der Waals surface area (Å²) < 4.78 is 17.2. The van der Waals surface area contributed by atoms with E-state index < -0.39 is 24.2 Å². The Hall–Kier alpha value is -5.69. The minimum absolute atomic E-state index is 0.0495. The maximum absolute atomic E-state index is 13.2. The molecular formula is C43H46N4O8. The number of hydrogen-bond acceptors (Lipinski definition) is 10. The van der Waals surface area contributed by atoms with Gasteiger partial charge >= 0.3 is 12.1 Å². The van der Waals surface area contributed by atoms with Crippen LogP contribution in [0.2, 0.25) is 0 Å². The van der Waals surface area contributed by atoms with E-state index in [0.29, 0.717) is 41.1 Å². The van der Waals surface area contributed by atoms with E-state index in [0.717, 1.165) is 54.7 Å². The Labute approximate surface area is 319 Å². The van der Waals surface area contributed by atoms with Crippen LogP contribution in [-0.2, 0) is 27.3 Å². The molecule has 1 aromatic heterocycles. The van der Waals surface area contributed by atoms with Crippen molar-refractivity contribution in [3.63, 3.8) is 0 Å². The van der Waals surface area contributed by atoms with Crippen LogP contribution in [-0.4, -0.2) is 77.6 Å². The molecule has 2 bridgehead atoms. The predicted molar refractivity (Wildman–Crippen MR) is 207 cm³/mol. The summed E-state index contributed by atoms with van der Waals surface area (Å²) >= 11 is 0. The number of carbonyl (C=O) groups excluding carboxylic acids is 2. The number of alkyl carbamates (subject to hydrolysis) is 1. The van der Waals surface area contributed by atoms with Gasteiger partial charge in [0.2, 0.25) is 5.56 Å². The molecule has 286 valence electrons. The zero-order valence-electron chi connectivity index (χ0n) is 30.5. The number of fused-ring (bicyclic) bond motifs is 4. The number of aromatic hydroxyl groups is 1. The first-order valence-corrected chi connectivity index (χ1v) is 18.7. The summed E-state index contributed by atoms with van der Waals surface area (Å²) in [6.45, 7) is 3.63. The second-order valence-electron chi connectivity index (χ2n) is 14.2. The second-order valence-corrected chi connectivity index (χ2v) is 14.2. The number of aromatic nitrogens is 1. The van der Waals surface area contributed by atoms with Gasteiger partial charge in [-0.1, -0.05) is 72.8 Å². The molecule has 3 unspecified atom stereocenters. The first kappa shape index (κ1) is 37.6. The summed E-state index contributed by atoms with van der Waals surface area (Å²) in [6.07, 6.45) is 1.42. The number of aliphatic hydroxyl groups excluding tert-OH is 1. The number of phenols is 1. The number of benzene rings is 4. The summed E-state index contributed by atoms with van der Waals surface area (Å²) in [5.74, 6) is 0.316. The van der Waals surface area contributed by atoms with Crippen LogP contribution in [0.5, 0.6) is 11.5 Å². The van der Waals surface area contributed by atoms with Crippen molar-refractivity contribution in [1.82, 2.24) is 20.5 Å². The lowest BCUT2D eigenvalue weighted by atomic mass is 9.86. The topological polar surface area (TPSA) is 162 Å². The van der Waals surface area contributed by atoms with Crippen molar-refractivity contribution in [2.75, 3.05) is 39.3 Å². The number of nitrogens with zero attached hydrogens (tertiary/aromatic N) is 1. The molecule has 0 radical (unpaired) electrons. The molecule has 12 nitrogen and oxygen atoms in total.